The Morgan fingerprint density at radius 2 is 2.06 bits per heavy atom. The summed E-state index contributed by atoms with van der Waals surface area (Å²) >= 11 is 1.41. The molecule has 0 radical (unpaired) electrons. The van der Waals surface area contributed by atoms with E-state index in [0.717, 1.165) is 28.3 Å². The highest BCUT2D eigenvalue weighted by Gasteiger charge is 2.35. The van der Waals surface area contributed by atoms with Crippen LogP contribution in [0.4, 0.5) is 13.9 Å². The summed E-state index contributed by atoms with van der Waals surface area (Å²) < 4.78 is 38.5. The molecule has 1 atom stereocenters. The molecule has 2 aromatic rings. The van der Waals surface area contributed by atoms with Gasteiger partial charge in [0.1, 0.15) is 10.3 Å². The number of pyridine rings is 1. The summed E-state index contributed by atoms with van der Waals surface area (Å²) in [6.45, 7) is 5.13. The summed E-state index contributed by atoms with van der Waals surface area (Å²) in [5.41, 5.74) is 0.759. The first-order valence-corrected chi connectivity index (χ1v) is 11.5. The maximum atomic E-state index is 13.4. The number of nitrogens with one attached hydrogen (secondary N) is 1. The van der Waals surface area contributed by atoms with E-state index >= 15 is 0 Å². The predicted octanol–water partition coefficient (Wildman–Crippen LogP) is 3.63. The van der Waals surface area contributed by atoms with Gasteiger partial charge in [0, 0.05) is 45.0 Å². The number of rotatable bonds is 8. The van der Waals surface area contributed by atoms with Crippen LogP contribution >= 0.6 is 11.3 Å². The van der Waals surface area contributed by atoms with Gasteiger partial charge in [0.05, 0.1) is 19.3 Å². The first-order valence-electron chi connectivity index (χ1n) is 10.7. The molecule has 1 saturated carbocycles. The Kier molecular flexibility index (Phi) is 6.57. The molecular formula is C21H28F2N4O3S. The second kappa shape index (κ2) is 9.20. The highest BCUT2D eigenvalue weighted by Crippen LogP contribution is 2.35. The number of hydrogen-bond donors (Lipinski definition) is 1. The molecule has 170 valence electrons. The van der Waals surface area contributed by atoms with Gasteiger partial charge in [-0.25, -0.2) is 18.7 Å². The molecule has 10 heteroatoms. The van der Waals surface area contributed by atoms with Gasteiger partial charge in [-0.2, -0.15) is 0 Å². The fraction of sp³-hybridized carbons (Fsp3) is 0.667. The molecular weight excluding hydrogens is 426 g/mol. The van der Waals surface area contributed by atoms with Crippen molar-refractivity contribution >= 4 is 32.7 Å². The highest BCUT2D eigenvalue weighted by molar-refractivity contribution is 7.21. The molecule has 2 aliphatic rings. The Bertz CT molecular complexity index is 909. The number of carbonyl (C=O) groups is 1. The van der Waals surface area contributed by atoms with Gasteiger partial charge in [0.2, 0.25) is 11.8 Å². The number of thiazole rings is 1. The number of piperidine rings is 1. The van der Waals surface area contributed by atoms with Gasteiger partial charge in [0.15, 0.2) is 5.13 Å². The number of amides is 1. The monoisotopic (exact) mass is 454 g/mol. The molecule has 2 aromatic heterocycles. The van der Waals surface area contributed by atoms with Gasteiger partial charge in [0.25, 0.3) is 5.92 Å². The third-order valence-corrected chi connectivity index (χ3v) is 6.70. The summed E-state index contributed by atoms with van der Waals surface area (Å²) in [4.78, 5) is 22.8. The van der Waals surface area contributed by atoms with Crippen LogP contribution in [0.15, 0.2) is 12.1 Å². The molecule has 1 amide bonds. The Hall–Kier alpha value is -2.07. The van der Waals surface area contributed by atoms with E-state index in [1.807, 2.05) is 17.9 Å². The van der Waals surface area contributed by atoms with Crippen LogP contribution in [-0.4, -0.2) is 60.2 Å². The minimum Gasteiger partial charge on any atom is -0.477 e. The number of halogens is 2. The average Bonchev–Trinajstić information content (AvgIpc) is 3.09. The first kappa shape index (κ1) is 22.1. The van der Waals surface area contributed by atoms with Gasteiger partial charge >= 0.3 is 0 Å². The number of fused-ring (bicyclic) bond motifs is 1. The van der Waals surface area contributed by atoms with E-state index in [2.05, 4.69) is 15.3 Å². The Balaban J connectivity index is 1.23. The van der Waals surface area contributed by atoms with Crippen LogP contribution in [0.1, 0.15) is 39.5 Å². The Labute approximate surface area is 184 Å². The van der Waals surface area contributed by atoms with Crippen molar-refractivity contribution in [3.63, 3.8) is 0 Å². The lowest BCUT2D eigenvalue weighted by molar-refractivity contribution is -0.120. The van der Waals surface area contributed by atoms with Crippen molar-refractivity contribution < 1.29 is 23.0 Å². The third kappa shape index (κ3) is 5.79. The van der Waals surface area contributed by atoms with E-state index in [4.69, 9.17) is 9.47 Å². The molecule has 3 heterocycles. The van der Waals surface area contributed by atoms with E-state index < -0.39 is 5.92 Å². The molecule has 2 fully saturated rings. The zero-order valence-corrected chi connectivity index (χ0v) is 18.6. The molecule has 7 nitrogen and oxygen atoms in total. The molecule has 0 unspecified atom stereocenters. The summed E-state index contributed by atoms with van der Waals surface area (Å²) in [6.07, 6.45) is 1.80. The number of nitrogens with zero attached hydrogens (tertiary/aromatic N) is 3. The van der Waals surface area contributed by atoms with Crippen LogP contribution in [0.2, 0.25) is 0 Å². The summed E-state index contributed by atoms with van der Waals surface area (Å²) in [5, 5.41) is 3.55. The van der Waals surface area contributed by atoms with E-state index in [1.54, 1.807) is 6.07 Å². The van der Waals surface area contributed by atoms with Crippen molar-refractivity contribution in [2.75, 3.05) is 31.2 Å². The molecule has 1 N–H and O–H groups in total. The molecule has 1 aliphatic carbocycles. The molecule has 0 spiro atoms. The maximum Gasteiger partial charge on any atom is 0.251 e. The van der Waals surface area contributed by atoms with Crippen molar-refractivity contribution in [2.24, 2.45) is 5.92 Å². The first-order chi connectivity index (χ1) is 14.8. The Morgan fingerprint density at radius 1 is 1.32 bits per heavy atom. The molecule has 1 aliphatic heterocycles. The van der Waals surface area contributed by atoms with Crippen molar-refractivity contribution in [2.45, 2.75) is 57.6 Å². The standard InChI is InChI=1S/C21H28F2N4O3S/c1-13(24-14(2)28)11-29-16-9-15(10-16)12-30-18-4-3-17-19(26-18)31-20(25-17)27-7-5-21(22,23)6-8-27/h3-4,13,15-16H,5-12H2,1-2H3,(H,24,28)/t13-,15?,16?/m0/s1. The minimum atomic E-state index is -2.57. The quantitative estimate of drug-likeness (QED) is 0.657. The number of carbonyl (C=O) groups excluding carboxylic acids is 1. The lowest BCUT2D eigenvalue weighted by Crippen LogP contribution is -2.40. The fourth-order valence-corrected chi connectivity index (χ4v) is 4.83. The van der Waals surface area contributed by atoms with Gasteiger partial charge < -0.3 is 19.7 Å². The molecule has 31 heavy (non-hydrogen) atoms. The topological polar surface area (TPSA) is 76.6 Å². The van der Waals surface area contributed by atoms with E-state index in [1.165, 1.54) is 18.3 Å². The zero-order chi connectivity index (χ0) is 22.0. The summed E-state index contributed by atoms with van der Waals surface area (Å²) in [5.74, 6) is -1.64. The second-order valence-corrected chi connectivity index (χ2v) is 9.47. The van der Waals surface area contributed by atoms with Gasteiger partial charge in [-0.05, 0) is 31.7 Å². The largest absolute Gasteiger partial charge is 0.477 e. The minimum absolute atomic E-state index is 0.00875. The number of hydrogen-bond acceptors (Lipinski definition) is 7. The van der Waals surface area contributed by atoms with Crippen molar-refractivity contribution in [3.8, 4) is 5.88 Å². The van der Waals surface area contributed by atoms with Crippen molar-refractivity contribution in [3.05, 3.63) is 12.1 Å². The highest BCUT2D eigenvalue weighted by atomic mass is 32.1. The summed E-state index contributed by atoms with van der Waals surface area (Å²) in [6, 6.07) is 3.68. The van der Waals surface area contributed by atoms with Crippen LogP contribution < -0.4 is 15.0 Å². The molecule has 0 bridgehead atoms. The van der Waals surface area contributed by atoms with E-state index in [0.29, 0.717) is 38.1 Å². The van der Waals surface area contributed by atoms with Crippen LogP contribution in [-0.2, 0) is 9.53 Å². The molecule has 1 saturated heterocycles. The lowest BCUT2D eigenvalue weighted by atomic mass is 9.83. The summed E-state index contributed by atoms with van der Waals surface area (Å²) in [7, 11) is 0. The number of anilines is 1. The normalized spacial score (nSPS) is 23.9. The SMILES string of the molecule is CC(=O)N[C@@H](C)COC1CC(COc2ccc3nc(N4CCC(F)(F)CC4)sc3n2)C1. The predicted molar refractivity (Wildman–Crippen MR) is 115 cm³/mol. The fourth-order valence-electron chi connectivity index (χ4n) is 3.85. The maximum absolute atomic E-state index is 13.4. The van der Waals surface area contributed by atoms with Gasteiger partial charge in [-0.1, -0.05) is 11.3 Å². The number of ether oxygens (including phenoxy) is 2. The van der Waals surface area contributed by atoms with Gasteiger partial charge in [-0.15, -0.1) is 0 Å². The lowest BCUT2D eigenvalue weighted by Gasteiger charge is -2.35. The van der Waals surface area contributed by atoms with Gasteiger partial charge in [-0.3, -0.25) is 4.79 Å². The van der Waals surface area contributed by atoms with Crippen LogP contribution in [0.25, 0.3) is 10.3 Å². The van der Waals surface area contributed by atoms with Crippen LogP contribution in [0.3, 0.4) is 0 Å². The number of aromatic nitrogens is 2. The second-order valence-electron chi connectivity index (χ2n) is 8.52. The van der Waals surface area contributed by atoms with Crippen molar-refractivity contribution in [1.29, 1.82) is 0 Å². The molecule has 4 rings (SSSR count). The smallest absolute Gasteiger partial charge is 0.251 e. The van der Waals surface area contributed by atoms with E-state index in [-0.39, 0.29) is 30.9 Å². The van der Waals surface area contributed by atoms with Crippen LogP contribution in [0, 0.1) is 5.92 Å². The average molecular weight is 455 g/mol. The third-order valence-electron chi connectivity index (χ3n) is 5.68. The zero-order valence-electron chi connectivity index (χ0n) is 17.8. The number of alkyl halides is 2. The van der Waals surface area contributed by atoms with Crippen LogP contribution in [0.5, 0.6) is 5.88 Å². The van der Waals surface area contributed by atoms with Crippen molar-refractivity contribution in [1.82, 2.24) is 15.3 Å². The molecule has 0 aromatic carbocycles. The Morgan fingerprint density at radius 3 is 2.77 bits per heavy atom. The van der Waals surface area contributed by atoms with E-state index in [9.17, 15) is 13.6 Å².